The molecular formula is C18H36O. The molecule has 0 aliphatic heterocycles. The van der Waals surface area contributed by atoms with Crippen LogP contribution in [0.15, 0.2) is 12.2 Å². The molecular weight excluding hydrogens is 232 g/mol. The minimum atomic E-state index is -0.0119. The van der Waals surface area contributed by atoms with E-state index in [0.717, 1.165) is 6.42 Å². The van der Waals surface area contributed by atoms with Crippen molar-refractivity contribution in [2.75, 3.05) is 6.61 Å². The first-order chi connectivity index (χ1) is 8.18. The zero-order valence-electron chi connectivity index (χ0n) is 14.7. The predicted molar refractivity (Wildman–Crippen MR) is 86.3 cm³/mol. The Morgan fingerprint density at radius 3 is 1.37 bits per heavy atom. The Bertz CT molecular complexity index is 300. The van der Waals surface area contributed by atoms with Crippen molar-refractivity contribution in [2.24, 2.45) is 21.7 Å². The van der Waals surface area contributed by atoms with E-state index in [0.29, 0.717) is 5.41 Å². The highest BCUT2D eigenvalue weighted by Gasteiger charge is 2.28. The largest absolute Gasteiger partial charge is 0.396 e. The normalized spacial score (nSPS) is 15.3. The molecule has 0 aliphatic rings. The summed E-state index contributed by atoms with van der Waals surface area (Å²) >= 11 is 0. The van der Waals surface area contributed by atoms with Gasteiger partial charge in [0.05, 0.1) is 0 Å². The first-order valence-electron chi connectivity index (χ1n) is 7.49. The van der Waals surface area contributed by atoms with Gasteiger partial charge in [-0.2, -0.15) is 0 Å². The standard InChI is InChI=1S/C18H36O/c1-15(2,3)12-16(4,5)10-11-17(6,7)13-18(8,9)14-19/h10-11,19H,12-14H2,1-9H3. The first-order valence-corrected chi connectivity index (χ1v) is 7.49. The summed E-state index contributed by atoms with van der Waals surface area (Å²) < 4.78 is 0. The Morgan fingerprint density at radius 2 is 1.05 bits per heavy atom. The molecule has 0 amide bonds. The second-order valence-corrected chi connectivity index (χ2v) is 9.55. The average Bonchev–Trinajstić information content (AvgIpc) is 2.10. The number of allylic oxidation sites excluding steroid dienone is 2. The van der Waals surface area contributed by atoms with Gasteiger partial charge in [0.15, 0.2) is 0 Å². The van der Waals surface area contributed by atoms with Gasteiger partial charge < -0.3 is 5.11 Å². The van der Waals surface area contributed by atoms with Crippen LogP contribution in [0.3, 0.4) is 0 Å². The van der Waals surface area contributed by atoms with E-state index < -0.39 is 0 Å². The molecule has 0 saturated carbocycles. The lowest BCUT2D eigenvalue weighted by atomic mass is 9.72. The van der Waals surface area contributed by atoms with Crippen LogP contribution in [0.25, 0.3) is 0 Å². The van der Waals surface area contributed by atoms with Crippen LogP contribution in [-0.4, -0.2) is 11.7 Å². The molecule has 0 unspecified atom stereocenters. The van der Waals surface area contributed by atoms with Crippen molar-refractivity contribution in [3.63, 3.8) is 0 Å². The first kappa shape index (κ1) is 18.7. The molecule has 1 heteroatoms. The summed E-state index contributed by atoms with van der Waals surface area (Å²) in [5.41, 5.74) is 0.685. The maximum atomic E-state index is 9.41. The molecule has 0 aliphatic carbocycles. The minimum Gasteiger partial charge on any atom is -0.396 e. The van der Waals surface area contributed by atoms with E-state index in [1.54, 1.807) is 0 Å². The van der Waals surface area contributed by atoms with Crippen molar-refractivity contribution < 1.29 is 5.11 Å². The molecule has 0 aromatic rings. The summed E-state index contributed by atoms with van der Waals surface area (Å²) in [4.78, 5) is 0. The zero-order valence-corrected chi connectivity index (χ0v) is 14.7. The van der Waals surface area contributed by atoms with Crippen LogP contribution >= 0.6 is 0 Å². The lowest BCUT2D eigenvalue weighted by molar-refractivity contribution is 0.119. The summed E-state index contributed by atoms with van der Waals surface area (Å²) in [7, 11) is 0. The van der Waals surface area contributed by atoms with Gasteiger partial charge in [-0.1, -0.05) is 74.5 Å². The third kappa shape index (κ3) is 9.27. The second kappa shape index (κ2) is 5.99. The molecule has 1 N–H and O–H groups in total. The number of hydrogen-bond donors (Lipinski definition) is 1. The fourth-order valence-electron chi connectivity index (χ4n) is 3.23. The molecule has 0 aromatic carbocycles. The van der Waals surface area contributed by atoms with Crippen LogP contribution in [-0.2, 0) is 0 Å². The molecule has 0 saturated heterocycles. The Kier molecular flexibility index (Phi) is 5.90. The maximum Gasteiger partial charge on any atom is 0.0482 e. The van der Waals surface area contributed by atoms with Gasteiger partial charge >= 0.3 is 0 Å². The van der Waals surface area contributed by atoms with Crippen LogP contribution in [0.5, 0.6) is 0 Å². The van der Waals surface area contributed by atoms with Crippen molar-refractivity contribution in [2.45, 2.75) is 75.2 Å². The van der Waals surface area contributed by atoms with Gasteiger partial charge in [-0.15, -0.1) is 0 Å². The Balaban J connectivity index is 4.77. The predicted octanol–water partition coefficient (Wildman–Crippen LogP) is 5.44. The second-order valence-electron chi connectivity index (χ2n) is 9.55. The average molecular weight is 268 g/mol. The Morgan fingerprint density at radius 1 is 0.684 bits per heavy atom. The number of aliphatic hydroxyl groups is 1. The highest BCUT2D eigenvalue weighted by molar-refractivity contribution is 5.04. The number of rotatable bonds is 6. The summed E-state index contributed by atoms with van der Waals surface area (Å²) in [6, 6.07) is 0. The van der Waals surface area contributed by atoms with Gasteiger partial charge in [0, 0.05) is 6.61 Å². The number of aliphatic hydroxyl groups excluding tert-OH is 1. The molecule has 0 spiro atoms. The monoisotopic (exact) mass is 268 g/mol. The fourth-order valence-corrected chi connectivity index (χ4v) is 3.23. The molecule has 19 heavy (non-hydrogen) atoms. The summed E-state index contributed by atoms with van der Waals surface area (Å²) in [6.45, 7) is 20.5. The van der Waals surface area contributed by atoms with E-state index in [2.05, 4.69) is 74.5 Å². The van der Waals surface area contributed by atoms with Crippen molar-refractivity contribution in [3.8, 4) is 0 Å². The lowest BCUT2D eigenvalue weighted by Gasteiger charge is -2.34. The van der Waals surface area contributed by atoms with E-state index in [1.165, 1.54) is 6.42 Å². The summed E-state index contributed by atoms with van der Waals surface area (Å²) in [6.07, 6.45) is 6.89. The molecule has 0 fully saturated rings. The third-order valence-corrected chi connectivity index (χ3v) is 3.33. The maximum absolute atomic E-state index is 9.41. The SMILES string of the molecule is CC(C)(C)CC(C)(C)C=CC(C)(C)CC(C)(C)CO. The van der Waals surface area contributed by atoms with E-state index >= 15 is 0 Å². The van der Waals surface area contributed by atoms with Gasteiger partial charge in [-0.05, 0) is 34.5 Å². The van der Waals surface area contributed by atoms with Crippen LogP contribution in [0.2, 0.25) is 0 Å². The van der Waals surface area contributed by atoms with Gasteiger partial charge in [0.1, 0.15) is 0 Å². The smallest absolute Gasteiger partial charge is 0.0482 e. The molecule has 0 atom stereocenters. The Hall–Kier alpha value is -0.300. The minimum absolute atomic E-state index is 0.0119. The summed E-state index contributed by atoms with van der Waals surface area (Å²) in [5, 5.41) is 9.41. The van der Waals surface area contributed by atoms with Crippen molar-refractivity contribution in [1.82, 2.24) is 0 Å². The van der Waals surface area contributed by atoms with Crippen LogP contribution in [0.1, 0.15) is 75.2 Å². The fraction of sp³-hybridized carbons (Fsp3) is 0.889. The van der Waals surface area contributed by atoms with Crippen molar-refractivity contribution in [1.29, 1.82) is 0 Å². The molecule has 1 nitrogen and oxygen atoms in total. The highest BCUT2D eigenvalue weighted by Crippen LogP contribution is 2.38. The van der Waals surface area contributed by atoms with Crippen LogP contribution in [0.4, 0.5) is 0 Å². The lowest BCUT2D eigenvalue weighted by Crippen LogP contribution is -2.25. The molecule has 0 radical (unpaired) electrons. The molecule has 0 aromatic heterocycles. The van der Waals surface area contributed by atoms with Gasteiger partial charge in [-0.3, -0.25) is 0 Å². The van der Waals surface area contributed by atoms with Crippen molar-refractivity contribution >= 4 is 0 Å². The quantitative estimate of drug-likeness (QED) is 0.636. The topological polar surface area (TPSA) is 20.2 Å². The third-order valence-electron chi connectivity index (χ3n) is 3.33. The van der Waals surface area contributed by atoms with E-state index in [9.17, 15) is 5.11 Å². The number of hydrogen-bond acceptors (Lipinski definition) is 1. The highest BCUT2D eigenvalue weighted by atomic mass is 16.3. The van der Waals surface area contributed by atoms with Gasteiger partial charge in [-0.25, -0.2) is 0 Å². The zero-order chi connectivity index (χ0) is 15.5. The molecule has 0 bridgehead atoms. The van der Waals surface area contributed by atoms with E-state index in [-0.39, 0.29) is 22.9 Å². The van der Waals surface area contributed by atoms with Crippen LogP contribution < -0.4 is 0 Å². The van der Waals surface area contributed by atoms with Gasteiger partial charge in [0.25, 0.3) is 0 Å². The van der Waals surface area contributed by atoms with E-state index in [4.69, 9.17) is 0 Å². The molecule has 0 rings (SSSR count). The van der Waals surface area contributed by atoms with Gasteiger partial charge in [0.2, 0.25) is 0 Å². The van der Waals surface area contributed by atoms with Crippen molar-refractivity contribution in [3.05, 3.63) is 12.2 Å². The van der Waals surface area contributed by atoms with Crippen LogP contribution in [0, 0.1) is 21.7 Å². The molecule has 114 valence electrons. The Labute approximate surface area is 121 Å². The van der Waals surface area contributed by atoms with E-state index in [1.807, 2.05) is 0 Å². The molecule has 0 heterocycles. The summed E-state index contributed by atoms with van der Waals surface area (Å²) in [5.74, 6) is 0.